The highest BCUT2D eigenvalue weighted by Crippen LogP contribution is 2.20. The molecule has 9 heteroatoms. The monoisotopic (exact) mass is 376 g/mol. The largest absolute Gasteiger partial charge is 0.361 e. The Morgan fingerprint density at radius 2 is 2.12 bits per heavy atom. The number of fused-ring (bicyclic) bond motifs is 1. The Hall–Kier alpha value is -2.65. The van der Waals surface area contributed by atoms with Crippen molar-refractivity contribution in [2.75, 3.05) is 11.1 Å². The molecular formula is C17H20N4O4S. The van der Waals surface area contributed by atoms with E-state index in [2.05, 4.69) is 20.2 Å². The van der Waals surface area contributed by atoms with Crippen molar-refractivity contribution in [3.63, 3.8) is 0 Å². The maximum absolute atomic E-state index is 12.6. The minimum Gasteiger partial charge on any atom is -0.361 e. The number of para-hydroxylation sites is 1. The van der Waals surface area contributed by atoms with Crippen LogP contribution in [0.15, 0.2) is 41.1 Å². The fraction of sp³-hybridized carbons (Fsp3) is 0.294. The maximum Gasteiger partial charge on any atom is 0.244 e. The van der Waals surface area contributed by atoms with Gasteiger partial charge in [-0.15, -0.1) is 0 Å². The topological polar surface area (TPSA) is 117 Å². The lowest BCUT2D eigenvalue weighted by Crippen LogP contribution is -2.45. The summed E-state index contributed by atoms with van der Waals surface area (Å²) in [4.78, 5) is 15.8. The quantitative estimate of drug-likeness (QED) is 0.583. The normalized spacial score (nSPS) is 13.0. The second-order valence-electron chi connectivity index (χ2n) is 5.95. The number of aryl methyl sites for hydroxylation is 1. The zero-order valence-corrected chi connectivity index (χ0v) is 15.3. The van der Waals surface area contributed by atoms with Crippen molar-refractivity contribution in [2.24, 2.45) is 0 Å². The molecule has 1 atom stereocenters. The number of nitrogens with zero attached hydrogens (tertiary/aromatic N) is 1. The predicted molar refractivity (Wildman–Crippen MR) is 98.3 cm³/mol. The van der Waals surface area contributed by atoms with E-state index in [1.807, 2.05) is 24.3 Å². The van der Waals surface area contributed by atoms with Gasteiger partial charge in [0.25, 0.3) is 0 Å². The number of aromatic amines is 1. The predicted octanol–water partition coefficient (Wildman–Crippen LogP) is 1.95. The van der Waals surface area contributed by atoms with Crippen molar-refractivity contribution in [1.82, 2.24) is 14.9 Å². The third kappa shape index (κ3) is 4.12. The van der Waals surface area contributed by atoms with E-state index in [-0.39, 0.29) is 18.0 Å². The van der Waals surface area contributed by atoms with Crippen LogP contribution in [0, 0.1) is 6.92 Å². The third-order valence-electron chi connectivity index (χ3n) is 4.00. The molecule has 0 aliphatic rings. The molecule has 0 bridgehead atoms. The average molecular weight is 376 g/mol. The first-order chi connectivity index (χ1) is 12.4. The number of benzene rings is 1. The van der Waals surface area contributed by atoms with Crippen LogP contribution in [-0.2, 0) is 21.2 Å². The molecule has 0 fully saturated rings. The highest BCUT2D eigenvalue weighted by molar-refractivity contribution is 7.89. The minimum absolute atomic E-state index is 0.117. The second kappa shape index (κ2) is 7.30. The summed E-state index contributed by atoms with van der Waals surface area (Å²) in [6, 6.07) is 8.22. The average Bonchev–Trinajstić information content (AvgIpc) is 3.20. The maximum atomic E-state index is 12.6. The van der Waals surface area contributed by atoms with Crippen molar-refractivity contribution in [3.05, 3.63) is 47.9 Å². The number of amides is 1. The Kier molecular flexibility index (Phi) is 5.10. The molecular weight excluding hydrogens is 356 g/mol. The van der Waals surface area contributed by atoms with Crippen LogP contribution in [-0.4, -0.2) is 36.3 Å². The van der Waals surface area contributed by atoms with Gasteiger partial charge in [-0.3, -0.25) is 4.79 Å². The van der Waals surface area contributed by atoms with Crippen molar-refractivity contribution in [3.8, 4) is 0 Å². The lowest BCUT2D eigenvalue weighted by molar-refractivity contribution is -0.117. The summed E-state index contributed by atoms with van der Waals surface area (Å²) in [6.45, 7) is 3.22. The van der Waals surface area contributed by atoms with E-state index < -0.39 is 22.0 Å². The SMILES string of the molecule is CCS(=O)(=O)N[C@@H](Cc1c[nH]c2ccccc12)C(=O)Nc1cc(C)on1. The highest BCUT2D eigenvalue weighted by Gasteiger charge is 2.25. The molecule has 138 valence electrons. The minimum atomic E-state index is -3.57. The number of sulfonamides is 1. The Bertz CT molecular complexity index is 1020. The number of carbonyl (C=O) groups is 1. The summed E-state index contributed by atoms with van der Waals surface area (Å²) < 4.78 is 31.4. The fourth-order valence-corrected chi connectivity index (χ4v) is 3.44. The van der Waals surface area contributed by atoms with Crippen molar-refractivity contribution < 1.29 is 17.7 Å². The van der Waals surface area contributed by atoms with Crippen LogP contribution in [0.1, 0.15) is 18.2 Å². The number of hydrogen-bond acceptors (Lipinski definition) is 5. The van der Waals surface area contributed by atoms with Crippen molar-refractivity contribution in [2.45, 2.75) is 26.3 Å². The molecule has 3 N–H and O–H groups in total. The fourth-order valence-electron chi connectivity index (χ4n) is 2.65. The summed E-state index contributed by atoms with van der Waals surface area (Å²) in [7, 11) is -3.57. The standard InChI is InChI=1S/C17H20N4O4S/c1-3-26(23,24)21-15(17(22)19-16-8-11(2)25-20-16)9-12-10-18-14-7-5-4-6-13(12)14/h4-8,10,15,18,21H,3,9H2,1-2H3,(H,19,20,22)/t15-/m0/s1. The Balaban J connectivity index is 1.86. The molecule has 0 aliphatic heterocycles. The van der Waals surface area contributed by atoms with E-state index in [1.54, 1.807) is 19.2 Å². The summed E-state index contributed by atoms with van der Waals surface area (Å²) in [5.74, 6) is 0.170. The first-order valence-electron chi connectivity index (χ1n) is 8.17. The van der Waals surface area contributed by atoms with Gasteiger partial charge in [0.15, 0.2) is 5.82 Å². The molecule has 3 aromatic rings. The number of aromatic nitrogens is 2. The van der Waals surface area contributed by atoms with Gasteiger partial charge in [-0.05, 0) is 31.9 Å². The van der Waals surface area contributed by atoms with Gasteiger partial charge in [-0.2, -0.15) is 0 Å². The Morgan fingerprint density at radius 1 is 1.35 bits per heavy atom. The van der Waals surface area contributed by atoms with Gasteiger partial charge < -0.3 is 14.8 Å². The van der Waals surface area contributed by atoms with Crippen LogP contribution >= 0.6 is 0 Å². The number of H-pyrrole nitrogens is 1. The summed E-state index contributed by atoms with van der Waals surface area (Å²) >= 11 is 0. The van der Waals surface area contributed by atoms with Gasteiger partial charge >= 0.3 is 0 Å². The third-order valence-corrected chi connectivity index (χ3v) is 5.40. The number of carbonyl (C=O) groups excluding carboxylic acids is 1. The van der Waals surface area contributed by atoms with Crippen LogP contribution in [0.2, 0.25) is 0 Å². The van der Waals surface area contributed by atoms with Crippen LogP contribution in [0.25, 0.3) is 10.9 Å². The van der Waals surface area contributed by atoms with Gasteiger partial charge in [0.1, 0.15) is 11.8 Å². The summed E-state index contributed by atoms with van der Waals surface area (Å²) in [5.41, 5.74) is 1.77. The molecule has 3 rings (SSSR count). The molecule has 2 aromatic heterocycles. The zero-order valence-electron chi connectivity index (χ0n) is 14.4. The van der Waals surface area contributed by atoms with E-state index in [9.17, 15) is 13.2 Å². The molecule has 0 saturated heterocycles. The molecule has 0 saturated carbocycles. The van der Waals surface area contributed by atoms with Crippen LogP contribution in [0.3, 0.4) is 0 Å². The van der Waals surface area contributed by atoms with Gasteiger partial charge in [-0.1, -0.05) is 23.4 Å². The van der Waals surface area contributed by atoms with E-state index in [4.69, 9.17) is 4.52 Å². The van der Waals surface area contributed by atoms with Gasteiger partial charge in [0.05, 0.1) is 5.75 Å². The molecule has 0 radical (unpaired) electrons. The molecule has 26 heavy (non-hydrogen) atoms. The lowest BCUT2D eigenvalue weighted by atomic mass is 10.1. The van der Waals surface area contributed by atoms with Gasteiger partial charge in [-0.25, -0.2) is 13.1 Å². The highest BCUT2D eigenvalue weighted by atomic mass is 32.2. The van der Waals surface area contributed by atoms with Gasteiger partial charge in [0, 0.05) is 23.2 Å². The molecule has 2 heterocycles. The first kappa shape index (κ1) is 18.2. The first-order valence-corrected chi connectivity index (χ1v) is 9.82. The second-order valence-corrected chi connectivity index (χ2v) is 7.99. The lowest BCUT2D eigenvalue weighted by Gasteiger charge is -2.17. The van der Waals surface area contributed by atoms with Crippen LogP contribution in [0.5, 0.6) is 0 Å². The van der Waals surface area contributed by atoms with E-state index >= 15 is 0 Å². The van der Waals surface area contributed by atoms with Crippen molar-refractivity contribution >= 4 is 32.7 Å². The van der Waals surface area contributed by atoms with Gasteiger partial charge in [0.2, 0.25) is 15.9 Å². The van der Waals surface area contributed by atoms with E-state index in [0.717, 1.165) is 16.5 Å². The molecule has 0 spiro atoms. The molecule has 1 aromatic carbocycles. The van der Waals surface area contributed by atoms with Crippen LogP contribution < -0.4 is 10.0 Å². The molecule has 1 amide bonds. The van der Waals surface area contributed by atoms with E-state index in [0.29, 0.717) is 5.76 Å². The van der Waals surface area contributed by atoms with Crippen molar-refractivity contribution in [1.29, 1.82) is 0 Å². The Morgan fingerprint density at radius 3 is 2.81 bits per heavy atom. The number of hydrogen-bond donors (Lipinski definition) is 3. The Labute approximate surface area is 151 Å². The number of rotatable bonds is 7. The molecule has 0 unspecified atom stereocenters. The summed E-state index contributed by atoms with van der Waals surface area (Å²) in [6.07, 6.45) is 1.98. The van der Waals surface area contributed by atoms with E-state index in [1.165, 1.54) is 6.92 Å². The zero-order chi connectivity index (χ0) is 18.7. The number of anilines is 1. The molecule has 8 nitrogen and oxygen atoms in total. The number of nitrogens with one attached hydrogen (secondary N) is 3. The van der Waals surface area contributed by atoms with Crippen LogP contribution in [0.4, 0.5) is 5.82 Å². The molecule has 0 aliphatic carbocycles. The summed E-state index contributed by atoms with van der Waals surface area (Å²) in [5, 5.41) is 7.24. The smallest absolute Gasteiger partial charge is 0.244 e.